The fourth-order valence-corrected chi connectivity index (χ4v) is 3.82. The zero-order valence-electron chi connectivity index (χ0n) is 17.3. The first-order valence-corrected chi connectivity index (χ1v) is 9.84. The van der Waals surface area contributed by atoms with Crippen LogP contribution in [0.5, 0.6) is 0 Å². The quantitative estimate of drug-likeness (QED) is 0.492. The van der Waals surface area contributed by atoms with Crippen molar-refractivity contribution in [2.24, 2.45) is 5.41 Å². The molecule has 6 heteroatoms. The average molecular weight is 405 g/mol. The number of fused-ring (bicyclic) bond motifs is 1. The van der Waals surface area contributed by atoms with Crippen LogP contribution >= 0.6 is 0 Å². The fourth-order valence-electron chi connectivity index (χ4n) is 3.82. The van der Waals surface area contributed by atoms with Crippen LogP contribution in [0.15, 0.2) is 61.2 Å². The van der Waals surface area contributed by atoms with E-state index >= 15 is 0 Å². The Balaban J connectivity index is 1.77. The molecule has 0 aliphatic carbocycles. The van der Waals surface area contributed by atoms with Gasteiger partial charge in [0, 0.05) is 47.6 Å². The molecule has 0 aliphatic heterocycles. The van der Waals surface area contributed by atoms with Crippen LogP contribution in [-0.2, 0) is 17.8 Å². The molecule has 4 aromatic rings. The van der Waals surface area contributed by atoms with E-state index in [1.54, 1.807) is 32.4 Å². The number of aliphatic carboxylic acids is 1. The van der Waals surface area contributed by atoms with Crippen molar-refractivity contribution < 1.29 is 14.3 Å². The molecule has 0 radical (unpaired) electrons. The maximum absolute atomic E-state index is 13.9. The summed E-state index contributed by atoms with van der Waals surface area (Å²) in [5.74, 6) is -1.15. The third-order valence-corrected chi connectivity index (χ3v) is 5.68. The van der Waals surface area contributed by atoms with Crippen molar-refractivity contribution in [1.29, 1.82) is 0 Å². The normalized spacial score (nSPS) is 11.9. The standard InChI is InChI=1S/C24H24FN3O2/c1-16-20-12-18(25)6-9-21(20)28(22(16)13-24(2,3)23(29)30)14-17-4-7-19(8-5-17)27-11-10-26-15-27/h4-12,15H,13-14H2,1-3H3,(H,29,30). The zero-order valence-corrected chi connectivity index (χ0v) is 17.3. The fraction of sp³-hybridized carbons (Fsp3) is 0.250. The van der Waals surface area contributed by atoms with Gasteiger partial charge in [-0.2, -0.15) is 0 Å². The van der Waals surface area contributed by atoms with E-state index < -0.39 is 11.4 Å². The Labute approximate surface area is 174 Å². The van der Waals surface area contributed by atoms with Gasteiger partial charge < -0.3 is 14.2 Å². The molecule has 0 bridgehead atoms. The topological polar surface area (TPSA) is 60.0 Å². The molecule has 1 N–H and O–H groups in total. The number of carboxylic acid groups (broad SMARTS) is 1. The molecular weight excluding hydrogens is 381 g/mol. The maximum Gasteiger partial charge on any atom is 0.309 e. The van der Waals surface area contributed by atoms with Crippen LogP contribution in [0.25, 0.3) is 16.6 Å². The summed E-state index contributed by atoms with van der Waals surface area (Å²) in [5, 5.41) is 10.5. The summed E-state index contributed by atoms with van der Waals surface area (Å²) < 4.78 is 18.0. The number of aromatic nitrogens is 3. The lowest BCUT2D eigenvalue weighted by Crippen LogP contribution is -2.27. The number of carbonyl (C=O) groups is 1. The van der Waals surface area contributed by atoms with Gasteiger partial charge in [-0.3, -0.25) is 4.79 Å². The molecule has 30 heavy (non-hydrogen) atoms. The predicted octanol–water partition coefficient (Wildman–Crippen LogP) is 4.98. The Kier molecular flexibility index (Phi) is 4.94. The van der Waals surface area contributed by atoms with Crippen molar-refractivity contribution in [3.05, 3.63) is 83.8 Å². The molecule has 0 fully saturated rings. The maximum atomic E-state index is 13.9. The van der Waals surface area contributed by atoms with E-state index in [2.05, 4.69) is 9.55 Å². The van der Waals surface area contributed by atoms with Gasteiger partial charge in [-0.15, -0.1) is 0 Å². The number of rotatable bonds is 6. The number of nitrogens with zero attached hydrogens (tertiary/aromatic N) is 3. The van der Waals surface area contributed by atoms with Crippen LogP contribution in [0.2, 0.25) is 0 Å². The molecule has 2 aromatic heterocycles. The molecule has 154 valence electrons. The van der Waals surface area contributed by atoms with E-state index in [0.717, 1.165) is 33.4 Å². The third-order valence-electron chi connectivity index (χ3n) is 5.68. The molecule has 0 spiro atoms. The van der Waals surface area contributed by atoms with Crippen LogP contribution in [0.4, 0.5) is 4.39 Å². The van der Waals surface area contributed by atoms with Gasteiger partial charge in [0.1, 0.15) is 5.82 Å². The molecule has 0 atom stereocenters. The van der Waals surface area contributed by atoms with Crippen LogP contribution in [0.1, 0.15) is 30.7 Å². The number of benzene rings is 2. The molecule has 2 heterocycles. The van der Waals surface area contributed by atoms with Crippen LogP contribution in [-0.4, -0.2) is 25.2 Å². The summed E-state index contributed by atoms with van der Waals surface area (Å²) in [6.07, 6.45) is 5.73. The van der Waals surface area contributed by atoms with Gasteiger partial charge in [-0.1, -0.05) is 12.1 Å². The molecule has 0 amide bonds. The number of imidazole rings is 1. The Morgan fingerprint density at radius 1 is 1.17 bits per heavy atom. The van der Waals surface area contributed by atoms with Crippen molar-refractivity contribution in [2.75, 3.05) is 0 Å². The first-order chi connectivity index (χ1) is 14.3. The molecule has 0 unspecified atom stereocenters. The third kappa shape index (κ3) is 3.61. The molecular formula is C24H24FN3O2. The van der Waals surface area contributed by atoms with Gasteiger partial charge >= 0.3 is 5.97 Å². The predicted molar refractivity (Wildman–Crippen MR) is 114 cm³/mol. The molecule has 0 aliphatic rings. The second kappa shape index (κ2) is 7.44. The Bertz CT molecular complexity index is 1210. The van der Waals surface area contributed by atoms with E-state index in [4.69, 9.17) is 0 Å². The summed E-state index contributed by atoms with van der Waals surface area (Å²) in [4.78, 5) is 15.8. The summed E-state index contributed by atoms with van der Waals surface area (Å²) in [6, 6.07) is 12.9. The van der Waals surface area contributed by atoms with Crippen molar-refractivity contribution in [1.82, 2.24) is 14.1 Å². The van der Waals surface area contributed by atoms with Gasteiger partial charge in [0.15, 0.2) is 0 Å². The summed E-state index contributed by atoms with van der Waals surface area (Å²) in [5.41, 5.74) is 3.91. The van der Waals surface area contributed by atoms with Gasteiger partial charge in [-0.05, 0) is 62.2 Å². The van der Waals surface area contributed by atoms with Crippen molar-refractivity contribution in [3.63, 3.8) is 0 Å². The largest absolute Gasteiger partial charge is 0.481 e. The van der Waals surface area contributed by atoms with E-state index in [-0.39, 0.29) is 5.82 Å². The van der Waals surface area contributed by atoms with Crippen LogP contribution in [0.3, 0.4) is 0 Å². The monoisotopic (exact) mass is 405 g/mol. The number of hydrogen-bond donors (Lipinski definition) is 1. The van der Waals surface area contributed by atoms with Gasteiger partial charge in [-0.25, -0.2) is 9.37 Å². The minimum absolute atomic E-state index is 0.295. The van der Waals surface area contributed by atoms with E-state index in [1.165, 1.54) is 12.1 Å². The highest BCUT2D eigenvalue weighted by molar-refractivity contribution is 5.86. The summed E-state index contributed by atoms with van der Waals surface area (Å²) in [6.45, 7) is 5.95. The lowest BCUT2D eigenvalue weighted by Gasteiger charge is -2.21. The molecule has 4 rings (SSSR count). The van der Waals surface area contributed by atoms with Crippen molar-refractivity contribution in [3.8, 4) is 5.69 Å². The van der Waals surface area contributed by atoms with Gasteiger partial charge in [0.05, 0.1) is 11.7 Å². The highest BCUT2D eigenvalue weighted by Crippen LogP contribution is 2.32. The minimum atomic E-state index is -0.930. The number of aryl methyl sites for hydroxylation is 1. The van der Waals surface area contributed by atoms with Crippen LogP contribution in [0, 0.1) is 18.2 Å². The van der Waals surface area contributed by atoms with Crippen molar-refractivity contribution in [2.45, 2.75) is 33.7 Å². The van der Waals surface area contributed by atoms with Gasteiger partial charge in [0.25, 0.3) is 0 Å². The van der Waals surface area contributed by atoms with Crippen LogP contribution < -0.4 is 0 Å². The molecule has 5 nitrogen and oxygen atoms in total. The molecule has 0 saturated carbocycles. The minimum Gasteiger partial charge on any atom is -0.481 e. The lowest BCUT2D eigenvalue weighted by molar-refractivity contribution is -0.146. The van der Waals surface area contributed by atoms with Gasteiger partial charge in [0.2, 0.25) is 0 Å². The van der Waals surface area contributed by atoms with E-state index in [0.29, 0.717) is 13.0 Å². The highest BCUT2D eigenvalue weighted by atomic mass is 19.1. The SMILES string of the molecule is Cc1c(CC(C)(C)C(=O)O)n(Cc2ccc(-n3ccnc3)cc2)c2ccc(F)cc12. The lowest BCUT2D eigenvalue weighted by atomic mass is 9.87. The Morgan fingerprint density at radius 3 is 2.53 bits per heavy atom. The van der Waals surface area contributed by atoms with Crippen molar-refractivity contribution >= 4 is 16.9 Å². The molecule has 0 saturated heterocycles. The smallest absolute Gasteiger partial charge is 0.309 e. The Hall–Kier alpha value is -3.41. The first kappa shape index (κ1) is 19.9. The second-order valence-electron chi connectivity index (χ2n) is 8.32. The average Bonchev–Trinajstić information content (AvgIpc) is 3.32. The number of carboxylic acids is 1. The number of halogens is 1. The second-order valence-corrected chi connectivity index (χ2v) is 8.32. The zero-order chi connectivity index (χ0) is 21.5. The van der Waals surface area contributed by atoms with E-state index in [1.807, 2.05) is 42.0 Å². The van der Waals surface area contributed by atoms with E-state index in [9.17, 15) is 14.3 Å². The summed E-state index contributed by atoms with van der Waals surface area (Å²) in [7, 11) is 0. The number of hydrogen-bond acceptors (Lipinski definition) is 2. The molecule has 2 aromatic carbocycles. The summed E-state index contributed by atoms with van der Waals surface area (Å²) >= 11 is 0. The highest BCUT2D eigenvalue weighted by Gasteiger charge is 2.30. The Morgan fingerprint density at radius 2 is 1.90 bits per heavy atom. The first-order valence-electron chi connectivity index (χ1n) is 9.84.